The number of hydrogen-bond acceptors (Lipinski definition) is 4. The Morgan fingerprint density at radius 3 is 2.83 bits per heavy atom. The molecule has 0 radical (unpaired) electrons. The van der Waals surface area contributed by atoms with Gasteiger partial charge in [0.1, 0.15) is 5.82 Å². The van der Waals surface area contributed by atoms with Crippen molar-refractivity contribution in [1.29, 1.82) is 0 Å². The Morgan fingerprint density at radius 2 is 2.28 bits per heavy atom. The van der Waals surface area contributed by atoms with Gasteiger partial charge in [-0.15, -0.1) is 0 Å². The van der Waals surface area contributed by atoms with Crippen molar-refractivity contribution in [2.45, 2.75) is 18.9 Å². The Bertz CT molecular complexity index is 493. The summed E-state index contributed by atoms with van der Waals surface area (Å²) in [6.45, 7) is 0. The van der Waals surface area contributed by atoms with Gasteiger partial charge >= 0.3 is 0 Å². The number of pyridine rings is 1. The molecular weight excluding hydrogens is 294 g/mol. The highest BCUT2D eigenvalue weighted by atomic mass is 79.9. The molecule has 0 amide bonds. The minimum Gasteiger partial charge on any atom is -0.338 e. The van der Waals surface area contributed by atoms with Crippen LogP contribution in [0.3, 0.4) is 0 Å². The number of rotatable bonds is 5. The summed E-state index contributed by atoms with van der Waals surface area (Å²) in [6, 6.07) is 3.97. The first kappa shape index (κ1) is 13.2. The van der Waals surface area contributed by atoms with Crippen molar-refractivity contribution in [2.75, 3.05) is 0 Å². The van der Waals surface area contributed by atoms with Crippen molar-refractivity contribution in [1.82, 2.24) is 20.0 Å². The number of nitrogens with zero attached hydrogens (tertiary/aromatic N) is 3. The number of nitrogens with two attached hydrogens (primary N) is 1. The van der Waals surface area contributed by atoms with E-state index in [0.29, 0.717) is 0 Å². The van der Waals surface area contributed by atoms with E-state index in [1.807, 2.05) is 29.9 Å². The normalized spacial score (nSPS) is 12.6. The molecule has 2 aromatic heterocycles. The highest BCUT2D eigenvalue weighted by Gasteiger charge is 2.12. The van der Waals surface area contributed by atoms with Crippen molar-refractivity contribution in [2.24, 2.45) is 12.9 Å². The first-order chi connectivity index (χ1) is 8.70. The average molecular weight is 310 g/mol. The van der Waals surface area contributed by atoms with Gasteiger partial charge in [-0.25, -0.2) is 4.98 Å². The second-order valence-electron chi connectivity index (χ2n) is 4.11. The largest absolute Gasteiger partial charge is 0.338 e. The molecule has 0 aliphatic heterocycles. The third-order valence-corrected chi connectivity index (χ3v) is 3.36. The lowest BCUT2D eigenvalue weighted by atomic mass is 10.1. The second-order valence-corrected chi connectivity index (χ2v) is 5.03. The van der Waals surface area contributed by atoms with E-state index in [2.05, 4.69) is 31.3 Å². The molecule has 0 saturated heterocycles. The first-order valence-corrected chi connectivity index (χ1v) is 6.54. The maximum Gasteiger partial charge on any atom is 0.108 e. The number of nitrogens with one attached hydrogen (secondary N) is 1. The predicted octanol–water partition coefficient (Wildman–Crippen LogP) is 1.71. The molecule has 3 N–H and O–H groups in total. The van der Waals surface area contributed by atoms with Crippen molar-refractivity contribution in [3.63, 3.8) is 0 Å². The van der Waals surface area contributed by atoms with Gasteiger partial charge in [0.2, 0.25) is 0 Å². The van der Waals surface area contributed by atoms with E-state index in [9.17, 15) is 0 Å². The standard InChI is InChI=1S/C12H16BrN5/c1-18-7-6-15-12(18)5-4-11(17-14)10-3-2-9(13)8-16-10/h2-3,6-8,11,17H,4-5,14H2,1H3. The van der Waals surface area contributed by atoms with Gasteiger partial charge in [0.15, 0.2) is 0 Å². The summed E-state index contributed by atoms with van der Waals surface area (Å²) in [7, 11) is 1.99. The monoisotopic (exact) mass is 309 g/mol. The van der Waals surface area contributed by atoms with E-state index in [1.54, 1.807) is 12.4 Å². The quantitative estimate of drug-likeness (QED) is 0.652. The van der Waals surface area contributed by atoms with Crippen molar-refractivity contribution >= 4 is 15.9 Å². The summed E-state index contributed by atoms with van der Waals surface area (Å²) in [4.78, 5) is 8.65. The summed E-state index contributed by atoms with van der Waals surface area (Å²) in [5.74, 6) is 6.64. The molecule has 96 valence electrons. The summed E-state index contributed by atoms with van der Waals surface area (Å²) in [5, 5.41) is 0. The Hall–Kier alpha value is -1.24. The number of hydrogen-bond donors (Lipinski definition) is 2. The number of aryl methyl sites for hydroxylation is 2. The molecule has 18 heavy (non-hydrogen) atoms. The highest BCUT2D eigenvalue weighted by molar-refractivity contribution is 9.10. The predicted molar refractivity (Wildman–Crippen MR) is 73.5 cm³/mol. The lowest BCUT2D eigenvalue weighted by Crippen LogP contribution is -2.29. The third kappa shape index (κ3) is 3.16. The van der Waals surface area contributed by atoms with Gasteiger partial charge in [-0.3, -0.25) is 16.3 Å². The van der Waals surface area contributed by atoms with Crippen molar-refractivity contribution < 1.29 is 0 Å². The molecular formula is C12H16BrN5. The van der Waals surface area contributed by atoms with Crippen LogP contribution in [0.15, 0.2) is 35.2 Å². The van der Waals surface area contributed by atoms with E-state index in [0.717, 1.165) is 28.8 Å². The number of imidazole rings is 1. The van der Waals surface area contributed by atoms with Crippen LogP contribution in [-0.4, -0.2) is 14.5 Å². The van der Waals surface area contributed by atoms with Crippen LogP contribution in [0.1, 0.15) is 24.0 Å². The molecule has 2 rings (SSSR count). The molecule has 0 aliphatic carbocycles. The maximum atomic E-state index is 5.59. The minimum atomic E-state index is 0.0369. The fraction of sp³-hybridized carbons (Fsp3) is 0.333. The number of hydrazine groups is 1. The lowest BCUT2D eigenvalue weighted by Gasteiger charge is -2.15. The zero-order valence-corrected chi connectivity index (χ0v) is 11.8. The van der Waals surface area contributed by atoms with Gasteiger partial charge < -0.3 is 4.57 Å². The number of aromatic nitrogens is 3. The number of halogens is 1. The Balaban J connectivity index is 2.01. The van der Waals surface area contributed by atoms with Crippen LogP contribution in [0, 0.1) is 0 Å². The third-order valence-electron chi connectivity index (χ3n) is 2.89. The molecule has 5 nitrogen and oxygen atoms in total. The van der Waals surface area contributed by atoms with Gasteiger partial charge in [0.05, 0.1) is 11.7 Å². The molecule has 2 heterocycles. The zero-order valence-electron chi connectivity index (χ0n) is 10.2. The highest BCUT2D eigenvalue weighted by Crippen LogP contribution is 2.17. The van der Waals surface area contributed by atoms with E-state index in [1.165, 1.54) is 0 Å². The van der Waals surface area contributed by atoms with Gasteiger partial charge in [-0.2, -0.15) is 0 Å². The van der Waals surface area contributed by atoms with E-state index >= 15 is 0 Å². The summed E-state index contributed by atoms with van der Waals surface area (Å²) in [6.07, 6.45) is 7.24. The lowest BCUT2D eigenvalue weighted by molar-refractivity contribution is 0.495. The summed E-state index contributed by atoms with van der Waals surface area (Å²) >= 11 is 3.37. The average Bonchev–Trinajstić information content (AvgIpc) is 2.78. The van der Waals surface area contributed by atoms with Crippen LogP contribution in [0.5, 0.6) is 0 Å². The van der Waals surface area contributed by atoms with Crippen LogP contribution in [0.25, 0.3) is 0 Å². The fourth-order valence-corrected chi connectivity index (χ4v) is 2.06. The molecule has 1 atom stereocenters. The second kappa shape index (κ2) is 6.08. The van der Waals surface area contributed by atoms with Gasteiger partial charge in [-0.1, -0.05) is 0 Å². The fourth-order valence-electron chi connectivity index (χ4n) is 1.82. The maximum absolute atomic E-state index is 5.59. The molecule has 0 fully saturated rings. The van der Waals surface area contributed by atoms with Gasteiger partial charge in [0.25, 0.3) is 0 Å². The van der Waals surface area contributed by atoms with Crippen LogP contribution < -0.4 is 11.3 Å². The van der Waals surface area contributed by atoms with E-state index < -0.39 is 0 Å². The summed E-state index contributed by atoms with van der Waals surface area (Å²) < 4.78 is 2.98. The summed E-state index contributed by atoms with van der Waals surface area (Å²) in [5.41, 5.74) is 3.74. The first-order valence-electron chi connectivity index (χ1n) is 5.74. The molecule has 0 bridgehead atoms. The Morgan fingerprint density at radius 1 is 1.44 bits per heavy atom. The van der Waals surface area contributed by atoms with Crippen molar-refractivity contribution in [3.05, 3.63) is 46.7 Å². The SMILES string of the molecule is Cn1ccnc1CCC(NN)c1ccc(Br)cn1. The molecule has 6 heteroatoms. The minimum absolute atomic E-state index is 0.0369. The molecule has 0 aromatic carbocycles. The topological polar surface area (TPSA) is 68.8 Å². The van der Waals surface area contributed by atoms with E-state index in [4.69, 9.17) is 5.84 Å². The smallest absolute Gasteiger partial charge is 0.108 e. The van der Waals surface area contributed by atoms with E-state index in [-0.39, 0.29) is 6.04 Å². The van der Waals surface area contributed by atoms with Crippen molar-refractivity contribution in [3.8, 4) is 0 Å². The van der Waals surface area contributed by atoms with Crippen LogP contribution in [-0.2, 0) is 13.5 Å². The van der Waals surface area contributed by atoms with Crippen LogP contribution in [0.2, 0.25) is 0 Å². The van der Waals surface area contributed by atoms with Gasteiger partial charge in [0, 0.05) is 36.5 Å². The Labute approximate surface area is 115 Å². The van der Waals surface area contributed by atoms with Crippen LogP contribution >= 0.6 is 15.9 Å². The molecule has 0 aliphatic rings. The van der Waals surface area contributed by atoms with Gasteiger partial charge in [-0.05, 0) is 34.5 Å². The molecule has 0 saturated carbocycles. The zero-order chi connectivity index (χ0) is 13.0. The molecule has 2 aromatic rings. The molecule has 1 unspecified atom stereocenters. The molecule has 0 spiro atoms. The van der Waals surface area contributed by atoms with Crippen LogP contribution in [0.4, 0.5) is 0 Å². The Kier molecular flexibility index (Phi) is 4.46.